The molecule has 0 radical (unpaired) electrons. The summed E-state index contributed by atoms with van der Waals surface area (Å²) in [5, 5.41) is 3.85. The maximum absolute atomic E-state index is 5.56. The Morgan fingerprint density at radius 3 is 2.28 bits per heavy atom. The van der Waals surface area contributed by atoms with Gasteiger partial charge < -0.3 is 5.32 Å². The summed E-state index contributed by atoms with van der Waals surface area (Å²) in [5.41, 5.74) is 11.9. The highest BCUT2D eigenvalue weighted by Crippen LogP contribution is 2.57. The number of fused-ring (bicyclic) bond motifs is 11. The van der Waals surface area contributed by atoms with E-state index in [-0.39, 0.29) is 12.1 Å². The zero-order valence-electron chi connectivity index (χ0n) is 35.0. The van der Waals surface area contributed by atoms with Gasteiger partial charge in [-0.05, 0) is 157 Å². The van der Waals surface area contributed by atoms with Crippen molar-refractivity contribution >= 4 is 22.8 Å². The number of rotatable bonds is 5. The van der Waals surface area contributed by atoms with E-state index in [1.54, 1.807) is 11.1 Å². The monoisotopic (exact) mass is 785 g/mol. The second kappa shape index (κ2) is 15.5. The van der Waals surface area contributed by atoms with E-state index in [4.69, 9.17) is 9.98 Å². The van der Waals surface area contributed by atoms with E-state index < -0.39 is 0 Å². The zero-order valence-corrected chi connectivity index (χ0v) is 35.0. The number of nitrogens with zero attached hydrogens (tertiary/aromatic N) is 2. The number of hydrogen-bond acceptors (Lipinski definition) is 3. The van der Waals surface area contributed by atoms with Gasteiger partial charge in [0.05, 0.1) is 0 Å². The van der Waals surface area contributed by atoms with E-state index in [2.05, 4.69) is 151 Å². The summed E-state index contributed by atoms with van der Waals surface area (Å²) in [7, 11) is 0. The minimum atomic E-state index is -0.155. The molecule has 1 N–H and O–H groups in total. The second-order valence-corrected chi connectivity index (χ2v) is 19.6. The van der Waals surface area contributed by atoms with Crippen molar-refractivity contribution in [2.24, 2.45) is 75.1 Å². The summed E-state index contributed by atoms with van der Waals surface area (Å²) in [6.45, 7) is 0. The summed E-state index contributed by atoms with van der Waals surface area (Å²) in [6.07, 6.45) is 61.1. The normalized spacial score (nSPS) is 38.1. The Bertz CT molecular complexity index is 2420. The van der Waals surface area contributed by atoms with Gasteiger partial charge in [0.25, 0.3) is 0 Å². The van der Waals surface area contributed by atoms with Crippen LogP contribution in [0.4, 0.5) is 0 Å². The van der Waals surface area contributed by atoms with Crippen LogP contribution in [0.5, 0.6) is 0 Å². The standard InChI is InChI=1S/C57H59N3/c1-2-14-36(15-3-1)55-58-56(41-18-12-16-37(32-41)39-28-30-51-47-24-6-4-20-43(47)45-22-8-10-26-49(45)53(51)34-39)60-57(59-55)42-19-13-17-38(33-42)40-29-31-52-48-25-7-5-21-44(48)46-23-9-11-27-50(46)54(52)35-40/h1-12,14,16,18,20-22,24-25,28,30,33,35-39,44,46,48-50,52,54,57H,13,15,17,19,23,26-27,29,31-32,34H2,(H,58,59,60). The minimum absolute atomic E-state index is 0.155. The van der Waals surface area contributed by atoms with Crippen molar-refractivity contribution in [1.82, 2.24) is 5.32 Å². The van der Waals surface area contributed by atoms with Crippen LogP contribution in [-0.4, -0.2) is 17.8 Å². The van der Waals surface area contributed by atoms with Crippen molar-refractivity contribution in [1.29, 1.82) is 0 Å². The van der Waals surface area contributed by atoms with E-state index in [0.29, 0.717) is 35.5 Å². The molecular formula is C57H59N3. The number of hydrogen-bond donors (Lipinski definition) is 1. The lowest BCUT2D eigenvalue weighted by Gasteiger charge is -2.53. The van der Waals surface area contributed by atoms with Crippen LogP contribution in [0.3, 0.4) is 0 Å². The fourth-order valence-electron chi connectivity index (χ4n) is 13.7. The van der Waals surface area contributed by atoms with Crippen molar-refractivity contribution in [3.05, 3.63) is 179 Å². The minimum Gasteiger partial charge on any atom is -0.328 e. The Labute approximate surface area is 357 Å². The quantitative estimate of drug-likeness (QED) is 0.297. The molecule has 12 rings (SSSR count). The summed E-state index contributed by atoms with van der Waals surface area (Å²) in [6, 6.07) is 9.06. The van der Waals surface area contributed by atoms with E-state index in [9.17, 15) is 0 Å². The van der Waals surface area contributed by atoms with E-state index in [0.717, 1.165) is 67.4 Å². The lowest BCUT2D eigenvalue weighted by Crippen LogP contribution is -2.47. The highest BCUT2D eigenvalue weighted by atomic mass is 15.2. The Hall–Kier alpha value is -5.02. The zero-order chi connectivity index (χ0) is 39.6. The van der Waals surface area contributed by atoms with Crippen molar-refractivity contribution in [3.8, 4) is 0 Å². The Balaban J connectivity index is 0.816. The average Bonchev–Trinajstić information content (AvgIpc) is 3.34. The molecule has 0 bridgehead atoms. The van der Waals surface area contributed by atoms with Gasteiger partial charge in [-0.1, -0.05) is 157 Å². The highest BCUT2D eigenvalue weighted by Gasteiger charge is 2.49. The van der Waals surface area contributed by atoms with Crippen LogP contribution in [0, 0.1) is 65.1 Å². The van der Waals surface area contributed by atoms with E-state index in [1.165, 1.54) is 71.9 Å². The lowest BCUT2D eigenvalue weighted by molar-refractivity contribution is 0.0313. The number of nitrogens with one attached hydrogen (secondary N) is 1. The van der Waals surface area contributed by atoms with Gasteiger partial charge in [-0.2, -0.15) is 0 Å². The summed E-state index contributed by atoms with van der Waals surface area (Å²) in [4.78, 5) is 11.0. The van der Waals surface area contributed by atoms with Crippen LogP contribution in [0.1, 0.15) is 81.8 Å². The average molecular weight is 786 g/mol. The maximum Gasteiger partial charge on any atom is 0.165 e. The second-order valence-electron chi connectivity index (χ2n) is 19.6. The molecule has 0 aromatic heterocycles. The van der Waals surface area contributed by atoms with Crippen LogP contribution in [0.15, 0.2) is 178 Å². The number of benzene rings is 1. The summed E-state index contributed by atoms with van der Waals surface area (Å²) in [5.74, 6) is 8.74. The molecule has 1 fully saturated rings. The molecule has 1 aliphatic heterocycles. The molecule has 60 heavy (non-hydrogen) atoms. The Kier molecular flexibility index (Phi) is 9.49. The Morgan fingerprint density at radius 1 is 0.583 bits per heavy atom. The molecule has 10 aliphatic carbocycles. The molecule has 1 saturated carbocycles. The van der Waals surface area contributed by atoms with Crippen LogP contribution >= 0.6 is 0 Å². The first-order valence-electron chi connectivity index (χ1n) is 23.7. The number of amidine groups is 2. The molecule has 12 atom stereocenters. The van der Waals surface area contributed by atoms with Crippen molar-refractivity contribution in [2.75, 3.05) is 0 Å². The van der Waals surface area contributed by atoms with Gasteiger partial charge >= 0.3 is 0 Å². The lowest BCUT2D eigenvalue weighted by atomic mass is 9.51. The van der Waals surface area contributed by atoms with Crippen molar-refractivity contribution in [2.45, 2.75) is 76.8 Å². The van der Waals surface area contributed by atoms with Crippen molar-refractivity contribution in [3.63, 3.8) is 0 Å². The molecule has 11 aliphatic rings. The molecule has 1 heterocycles. The fourth-order valence-corrected chi connectivity index (χ4v) is 13.7. The molecule has 0 saturated heterocycles. The first kappa shape index (κ1) is 36.8. The van der Waals surface area contributed by atoms with Crippen LogP contribution in [0.2, 0.25) is 0 Å². The molecule has 12 unspecified atom stereocenters. The third kappa shape index (κ3) is 6.45. The summed E-state index contributed by atoms with van der Waals surface area (Å²) >= 11 is 0. The topological polar surface area (TPSA) is 36.8 Å². The third-order valence-electron chi connectivity index (χ3n) is 16.6. The molecule has 3 heteroatoms. The number of allylic oxidation sites excluding steroid dienone is 23. The van der Waals surface area contributed by atoms with Crippen LogP contribution in [0.25, 0.3) is 11.1 Å². The molecule has 0 amide bonds. The molecule has 1 aromatic carbocycles. The Morgan fingerprint density at radius 2 is 1.40 bits per heavy atom. The molecule has 3 nitrogen and oxygen atoms in total. The molecule has 1 aromatic rings. The first-order valence-corrected chi connectivity index (χ1v) is 23.7. The van der Waals surface area contributed by atoms with E-state index in [1.807, 2.05) is 0 Å². The van der Waals surface area contributed by atoms with Gasteiger partial charge in [-0.3, -0.25) is 0 Å². The fraction of sp³-hybridized carbons (Fsp3) is 0.404. The maximum atomic E-state index is 5.56. The van der Waals surface area contributed by atoms with Crippen LogP contribution in [-0.2, 0) is 0 Å². The van der Waals surface area contributed by atoms with Gasteiger partial charge in [0.2, 0.25) is 0 Å². The summed E-state index contributed by atoms with van der Waals surface area (Å²) < 4.78 is 0. The predicted octanol–water partition coefficient (Wildman–Crippen LogP) is 13.0. The highest BCUT2D eigenvalue weighted by molar-refractivity contribution is 6.11. The first-order chi connectivity index (χ1) is 29.7. The SMILES string of the molecule is C1=CCC(C2=NC(C3=CC(C4=CC5C(CC4)C4C=CC=CC4C4CC=CCC54)CCC3)N=C(C3=CC=CC(C4C=CC5=C(C4)C4CC=CC=C4c4ccccc45)C3)N2)C=C1. The van der Waals surface area contributed by atoms with Gasteiger partial charge in [-0.25, -0.2) is 9.98 Å². The predicted molar refractivity (Wildman–Crippen MR) is 250 cm³/mol. The largest absolute Gasteiger partial charge is 0.328 e. The molecule has 0 spiro atoms. The van der Waals surface area contributed by atoms with Crippen LogP contribution < -0.4 is 5.32 Å². The van der Waals surface area contributed by atoms with Gasteiger partial charge in [-0.15, -0.1) is 0 Å². The molecular weight excluding hydrogens is 727 g/mol. The molecule has 302 valence electrons. The van der Waals surface area contributed by atoms with Gasteiger partial charge in [0.1, 0.15) is 11.7 Å². The third-order valence-corrected chi connectivity index (χ3v) is 16.6. The van der Waals surface area contributed by atoms with Gasteiger partial charge in [0.15, 0.2) is 6.17 Å². The van der Waals surface area contributed by atoms with Gasteiger partial charge in [0, 0.05) is 11.8 Å². The van der Waals surface area contributed by atoms with E-state index >= 15 is 0 Å². The van der Waals surface area contributed by atoms with Crippen molar-refractivity contribution < 1.29 is 0 Å². The smallest absolute Gasteiger partial charge is 0.165 e. The number of aliphatic imine (C=N–C) groups is 2.